The number of benzene rings is 1. The first-order chi connectivity index (χ1) is 12.9. The molecule has 0 spiro atoms. The van der Waals surface area contributed by atoms with Crippen molar-refractivity contribution in [1.82, 2.24) is 5.32 Å². The number of halogens is 2. The molecule has 27 heavy (non-hydrogen) atoms. The van der Waals surface area contributed by atoms with E-state index in [-0.39, 0.29) is 18.2 Å². The van der Waals surface area contributed by atoms with Gasteiger partial charge in [-0.1, -0.05) is 61.7 Å². The number of carbonyl (C=O) groups is 2. The molecule has 9 heteroatoms. The zero-order chi connectivity index (χ0) is 19.8. The SMILES string of the molecule is CCCC(CCC)=N/N=C1\NC(=O)[C@H](CC(=O)Nc2ccc(Cl)c(Cl)c2)S1. The molecule has 1 fully saturated rings. The maximum atomic E-state index is 12.2. The fourth-order valence-corrected chi connectivity index (χ4v) is 3.67. The Morgan fingerprint density at radius 3 is 2.56 bits per heavy atom. The summed E-state index contributed by atoms with van der Waals surface area (Å²) in [5.41, 5.74) is 1.54. The Bertz CT molecular complexity index is 760. The topological polar surface area (TPSA) is 82.9 Å². The molecule has 1 aliphatic heterocycles. The highest BCUT2D eigenvalue weighted by molar-refractivity contribution is 8.15. The molecule has 2 rings (SSSR count). The van der Waals surface area contributed by atoms with Crippen LogP contribution in [0.5, 0.6) is 0 Å². The summed E-state index contributed by atoms with van der Waals surface area (Å²) in [5.74, 6) is -0.533. The van der Waals surface area contributed by atoms with Crippen molar-refractivity contribution in [3.63, 3.8) is 0 Å². The zero-order valence-electron chi connectivity index (χ0n) is 15.2. The van der Waals surface area contributed by atoms with Crippen LogP contribution in [0.4, 0.5) is 5.69 Å². The summed E-state index contributed by atoms with van der Waals surface area (Å²) in [6, 6.07) is 4.82. The molecule has 1 aromatic carbocycles. The Hall–Kier alpha value is -1.57. The molecule has 0 aromatic heterocycles. The number of hydrogen-bond donors (Lipinski definition) is 2. The third-order valence-electron chi connectivity index (χ3n) is 3.71. The third-order valence-corrected chi connectivity index (χ3v) is 5.52. The zero-order valence-corrected chi connectivity index (χ0v) is 17.5. The molecule has 0 saturated carbocycles. The maximum Gasteiger partial charge on any atom is 0.240 e. The van der Waals surface area contributed by atoms with E-state index in [9.17, 15) is 9.59 Å². The highest BCUT2D eigenvalue weighted by Gasteiger charge is 2.32. The van der Waals surface area contributed by atoms with Crippen LogP contribution >= 0.6 is 35.0 Å². The van der Waals surface area contributed by atoms with Crippen LogP contribution in [0.15, 0.2) is 28.4 Å². The van der Waals surface area contributed by atoms with E-state index < -0.39 is 5.25 Å². The second kappa shape index (κ2) is 10.7. The lowest BCUT2D eigenvalue weighted by Gasteiger charge is -2.08. The van der Waals surface area contributed by atoms with E-state index in [4.69, 9.17) is 23.2 Å². The summed E-state index contributed by atoms with van der Waals surface area (Å²) in [6.07, 6.45) is 3.80. The molecule has 2 amide bonds. The number of carbonyl (C=O) groups excluding carboxylic acids is 2. The molecule has 2 N–H and O–H groups in total. The van der Waals surface area contributed by atoms with Crippen LogP contribution in [0.1, 0.15) is 46.0 Å². The van der Waals surface area contributed by atoms with E-state index in [1.165, 1.54) is 11.8 Å². The van der Waals surface area contributed by atoms with Gasteiger partial charge in [-0.25, -0.2) is 0 Å². The number of anilines is 1. The number of nitrogens with one attached hydrogen (secondary N) is 2. The van der Waals surface area contributed by atoms with Crippen LogP contribution in [-0.2, 0) is 9.59 Å². The molecule has 0 radical (unpaired) electrons. The van der Waals surface area contributed by atoms with Crippen molar-refractivity contribution in [2.45, 2.75) is 51.2 Å². The molecule has 1 saturated heterocycles. The summed E-state index contributed by atoms with van der Waals surface area (Å²) >= 11 is 13.0. The fourth-order valence-electron chi connectivity index (χ4n) is 2.46. The second-order valence-electron chi connectivity index (χ2n) is 6.05. The minimum Gasteiger partial charge on any atom is -0.326 e. The first-order valence-electron chi connectivity index (χ1n) is 8.78. The fraction of sp³-hybridized carbons (Fsp3) is 0.444. The average Bonchev–Trinajstić information content (AvgIpc) is 2.96. The predicted octanol–water partition coefficient (Wildman–Crippen LogP) is 4.87. The first kappa shape index (κ1) is 21.7. The summed E-state index contributed by atoms with van der Waals surface area (Å²) in [5, 5.41) is 14.4. The predicted molar refractivity (Wildman–Crippen MR) is 114 cm³/mol. The number of amides is 2. The molecule has 1 aliphatic rings. The van der Waals surface area contributed by atoms with E-state index >= 15 is 0 Å². The van der Waals surface area contributed by atoms with Crippen molar-refractivity contribution in [2.75, 3.05) is 5.32 Å². The number of hydrogen-bond acceptors (Lipinski definition) is 5. The van der Waals surface area contributed by atoms with Gasteiger partial charge in [0.05, 0.1) is 10.0 Å². The smallest absolute Gasteiger partial charge is 0.240 e. The number of amidine groups is 1. The van der Waals surface area contributed by atoms with Crippen molar-refractivity contribution in [3.8, 4) is 0 Å². The molecule has 0 unspecified atom stereocenters. The summed E-state index contributed by atoms with van der Waals surface area (Å²) in [6.45, 7) is 4.18. The van der Waals surface area contributed by atoms with Gasteiger partial charge in [-0.2, -0.15) is 5.10 Å². The van der Waals surface area contributed by atoms with Gasteiger partial charge in [0.1, 0.15) is 5.25 Å². The lowest BCUT2D eigenvalue weighted by molar-refractivity contribution is -0.122. The van der Waals surface area contributed by atoms with Crippen molar-refractivity contribution in [1.29, 1.82) is 0 Å². The lowest BCUT2D eigenvalue weighted by atomic mass is 10.1. The number of rotatable bonds is 8. The van der Waals surface area contributed by atoms with Crippen molar-refractivity contribution in [2.24, 2.45) is 10.2 Å². The largest absolute Gasteiger partial charge is 0.326 e. The van der Waals surface area contributed by atoms with E-state index in [1.54, 1.807) is 18.2 Å². The van der Waals surface area contributed by atoms with Gasteiger partial charge in [0.25, 0.3) is 0 Å². The molecule has 1 heterocycles. The van der Waals surface area contributed by atoms with E-state index in [2.05, 4.69) is 34.7 Å². The molecule has 1 atom stereocenters. The van der Waals surface area contributed by atoms with Crippen LogP contribution in [0.25, 0.3) is 0 Å². The summed E-state index contributed by atoms with van der Waals surface area (Å²) in [4.78, 5) is 24.3. The van der Waals surface area contributed by atoms with Crippen molar-refractivity contribution >= 4 is 63.3 Å². The third kappa shape index (κ3) is 6.83. The van der Waals surface area contributed by atoms with E-state index in [1.807, 2.05) is 0 Å². The van der Waals surface area contributed by atoms with Crippen LogP contribution in [-0.4, -0.2) is 27.9 Å². The molecule has 146 valence electrons. The highest BCUT2D eigenvalue weighted by atomic mass is 35.5. The Balaban J connectivity index is 1.94. The van der Waals surface area contributed by atoms with Crippen LogP contribution in [0, 0.1) is 0 Å². The van der Waals surface area contributed by atoms with Gasteiger partial charge in [0.15, 0.2) is 5.17 Å². The minimum absolute atomic E-state index is 0.0241. The molecule has 0 bridgehead atoms. The monoisotopic (exact) mass is 428 g/mol. The van der Waals surface area contributed by atoms with Crippen LogP contribution < -0.4 is 10.6 Å². The molecule has 6 nitrogen and oxygen atoms in total. The van der Waals surface area contributed by atoms with Crippen LogP contribution in [0.2, 0.25) is 10.0 Å². The molecule has 1 aromatic rings. The van der Waals surface area contributed by atoms with Gasteiger partial charge < -0.3 is 10.6 Å². The van der Waals surface area contributed by atoms with E-state index in [0.717, 1.165) is 31.4 Å². The quantitative estimate of drug-likeness (QED) is 0.457. The normalized spacial score (nSPS) is 17.7. The first-order valence-corrected chi connectivity index (χ1v) is 10.4. The van der Waals surface area contributed by atoms with Gasteiger partial charge >= 0.3 is 0 Å². The Morgan fingerprint density at radius 2 is 1.93 bits per heavy atom. The van der Waals surface area contributed by atoms with Gasteiger partial charge in [0.2, 0.25) is 11.8 Å². The maximum absolute atomic E-state index is 12.2. The molecular formula is C18H22Cl2N4O2S. The number of nitrogens with zero attached hydrogens (tertiary/aromatic N) is 2. The Kier molecular flexibility index (Phi) is 8.60. The van der Waals surface area contributed by atoms with Gasteiger partial charge in [-0.15, -0.1) is 5.10 Å². The standard InChI is InChI=1S/C18H22Cl2N4O2S/c1-3-5-11(6-4-2)23-24-18-22-17(26)15(27-18)10-16(25)21-12-7-8-13(19)14(20)9-12/h7-9,15H,3-6,10H2,1-2H3,(H,21,25)(H,22,24,26)/t15-/m0/s1. The highest BCUT2D eigenvalue weighted by Crippen LogP contribution is 2.26. The number of thioether (sulfide) groups is 1. The van der Waals surface area contributed by atoms with Gasteiger partial charge in [-0.3, -0.25) is 9.59 Å². The van der Waals surface area contributed by atoms with Gasteiger partial charge in [-0.05, 0) is 31.0 Å². The Morgan fingerprint density at radius 1 is 1.22 bits per heavy atom. The minimum atomic E-state index is -0.539. The second-order valence-corrected chi connectivity index (χ2v) is 8.05. The summed E-state index contributed by atoms with van der Waals surface area (Å²) < 4.78 is 0. The molecular weight excluding hydrogens is 407 g/mol. The van der Waals surface area contributed by atoms with Crippen molar-refractivity contribution < 1.29 is 9.59 Å². The molecule has 0 aliphatic carbocycles. The van der Waals surface area contributed by atoms with Crippen LogP contribution in [0.3, 0.4) is 0 Å². The Labute approximate surface area is 173 Å². The van der Waals surface area contributed by atoms with Gasteiger partial charge in [0, 0.05) is 17.8 Å². The average molecular weight is 429 g/mol. The summed E-state index contributed by atoms with van der Waals surface area (Å²) in [7, 11) is 0. The van der Waals surface area contributed by atoms with E-state index in [0.29, 0.717) is 20.9 Å². The van der Waals surface area contributed by atoms with Crippen molar-refractivity contribution in [3.05, 3.63) is 28.2 Å². The lowest BCUT2D eigenvalue weighted by Crippen LogP contribution is -2.28.